The van der Waals surface area contributed by atoms with Gasteiger partial charge in [-0.05, 0) is 24.5 Å². The van der Waals surface area contributed by atoms with Crippen molar-refractivity contribution >= 4 is 23.4 Å². The Hall–Kier alpha value is -2.37. The molecule has 6 nitrogen and oxygen atoms in total. The van der Waals surface area contributed by atoms with Crippen LogP contribution >= 0.6 is 0 Å². The van der Waals surface area contributed by atoms with Crippen LogP contribution < -0.4 is 10.6 Å². The van der Waals surface area contributed by atoms with Crippen molar-refractivity contribution in [3.63, 3.8) is 0 Å². The number of hydrogen-bond acceptors (Lipinski definition) is 4. The van der Waals surface area contributed by atoms with Gasteiger partial charge in [0.2, 0.25) is 11.8 Å². The van der Waals surface area contributed by atoms with Crippen molar-refractivity contribution in [3.8, 4) is 0 Å². The molecule has 1 unspecified atom stereocenters. The predicted molar refractivity (Wildman–Crippen MR) is 114 cm³/mol. The summed E-state index contributed by atoms with van der Waals surface area (Å²) >= 11 is 0. The number of fused-ring (bicyclic) bond motifs is 1. The van der Waals surface area contributed by atoms with E-state index in [1.165, 1.54) is 44.9 Å². The standard InChI is InChI=1S/C23H33N3O3/c1-2-3-4-5-6-7-8-9-15-24-18-12-10-11-17-16-26(23(29)21(17)18)19-13-14-20(27)25-22(19)28/h10-12,19,24H,2-9,13-16H2,1H3,(H,25,27,28). The van der Waals surface area contributed by atoms with Gasteiger partial charge in [0.25, 0.3) is 5.91 Å². The van der Waals surface area contributed by atoms with Gasteiger partial charge in [0, 0.05) is 25.2 Å². The summed E-state index contributed by atoms with van der Waals surface area (Å²) < 4.78 is 0. The smallest absolute Gasteiger partial charge is 0.257 e. The van der Waals surface area contributed by atoms with E-state index in [1.54, 1.807) is 4.90 Å². The number of rotatable bonds is 11. The maximum Gasteiger partial charge on any atom is 0.257 e. The van der Waals surface area contributed by atoms with Crippen molar-refractivity contribution in [2.45, 2.75) is 83.7 Å². The lowest BCUT2D eigenvalue weighted by atomic mass is 10.0. The van der Waals surface area contributed by atoms with E-state index >= 15 is 0 Å². The topological polar surface area (TPSA) is 78.5 Å². The molecule has 2 heterocycles. The van der Waals surface area contributed by atoms with Crippen molar-refractivity contribution in [1.82, 2.24) is 10.2 Å². The SMILES string of the molecule is CCCCCCCCCCNc1cccc2c1C(=O)N(C1CCC(=O)NC1=O)C2. The Kier molecular flexibility index (Phi) is 7.67. The summed E-state index contributed by atoms with van der Waals surface area (Å²) in [6.45, 7) is 3.51. The van der Waals surface area contributed by atoms with Gasteiger partial charge in [-0.1, -0.05) is 64.0 Å². The van der Waals surface area contributed by atoms with Crippen molar-refractivity contribution in [3.05, 3.63) is 29.3 Å². The number of hydrogen-bond donors (Lipinski definition) is 2. The fourth-order valence-corrected chi connectivity index (χ4v) is 4.24. The summed E-state index contributed by atoms with van der Waals surface area (Å²) in [5, 5.41) is 5.78. The Bertz CT molecular complexity index is 747. The van der Waals surface area contributed by atoms with Crippen LogP contribution in [0.3, 0.4) is 0 Å². The van der Waals surface area contributed by atoms with Gasteiger partial charge in [0.15, 0.2) is 0 Å². The molecular formula is C23H33N3O3. The number of nitrogens with zero attached hydrogens (tertiary/aromatic N) is 1. The Labute approximate surface area is 173 Å². The largest absolute Gasteiger partial charge is 0.384 e. The number of benzene rings is 1. The van der Waals surface area contributed by atoms with Crippen molar-refractivity contribution in [2.24, 2.45) is 0 Å². The van der Waals surface area contributed by atoms with Gasteiger partial charge < -0.3 is 10.2 Å². The monoisotopic (exact) mass is 399 g/mol. The van der Waals surface area contributed by atoms with Crippen molar-refractivity contribution in [2.75, 3.05) is 11.9 Å². The van der Waals surface area contributed by atoms with Crippen LogP contribution in [0.4, 0.5) is 5.69 Å². The first-order valence-electron chi connectivity index (χ1n) is 11.1. The fraction of sp³-hybridized carbons (Fsp3) is 0.609. The Morgan fingerprint density at radius 3 is 2.48 bits per heavy atom. The highest BCUT2D eigenvalue weighted by molar-refractivity contribution is 6.07. The molecule has 0 spiro atoms. The molecule has 1 atom stereocenters. The van der Waals surface area contributed by atoms with Crippen LogP contribution in [-0.2, 0) is 16.1 Å². The molecule has 0 saturated carbocycles. The number of piperidine rings is 1. The zero-order valence-electron chi connectivity index (χ0n) is 17.5. The number of carbonyl (C=O) groups excluding carboxylic acids is 3. The highest BCUT2D eigenvalue weighted by Gasteiger charge is 2.39. The second kappa shape index (κ2) is 10.4. The quantitative estimate of drug-likeness (QED) is 0.435. The number of unbranched alkanes of at least 4 members (excludes halogenated alkanes) is 7. The predicted octanol–water partition coefficient (Wildman–Crippen LogP) is 4.00. The molecule has 1 fully saturated rings. The summed E-state index contributed by atoms with van der Waals surface area (Å²) in [4.78, 5) is 38.2. The molecule has 3 amide bonds. The van der Waals surface area contributed by atoms with E-state index in [4.69, 9.17) is 0 Å². The van der Waals surface area contributed by atoms with Gasteiger partial charge in [0.05, 0.1) is 5.56 Å². The third-order valence-electron chi connectivity index (χ3n) is 5.90. The van der Waals surface area contributed by atoms with E-state index in [-0.39, 0.29) is 24.1 Å². The van der Waals surface area contributed by atoms with Crippen molar-refractivity contribution in [1.29, 1.82) is 0 Å². The molecule has 2 N–H and O–H groups in total. The number of nitrogens with one attached hydrogen (secondary N) is 2. The number of carbonyl (C=O) groups is 3. The zero-order chi connectivity index (χ0) is 20.6. The van der Waals surface area contributed by atoms with E-state index < -0.39 is 6.04 Å². The lowest BCUT2D eigenvalue weighted by molar-refractivity contribution is -0.136. The van der Waals surface area contributed by atoms with Gasteiger partial charge in [0.1, 0.15) is 6.04 Å². The minimum Gasteiger partial charge on any atom is -0.384 e. The maximum atomic E-state index is 13.0. The molecule has 1 saturated heterocycles. The van der Waals surface area contributed by atoms with Crippen LogP contribution in [0.1, 0.15) is 87.1 Å². The van der Waals surface area contributed by atoms with Crippen LogP contribution in [0.5, 0.6) is 0 Å². The van der Waals surface area contributed by atoms with Gasteiger partial charge in [-0.15, -0.1) is 0 Å². The summed E-state index contributed by atoms with van der Waals surface area (Å²) in [6.07, 6.45) is 10.8. The molecular weight excluding hydrogens is 366 g/mol. The van der Waals surface area contributed by atoms with Gasteiger partial charge in [-0.25, -0.2) is 0 Å². The van der Waals surface area contributed by atoms with Crippen LogP contribution in [0.15, 0.2) is 18.2 Å². The number of imide groups is 1. The first-order valence-corrected chi connectivity index (χ1v) is 11.1. The number of anilines is 1. The second-order valence-corrected chi connectivity index (χ2v) is 8.14. The molecule has 0 radical (unpaired) electrons. The highest BCUT2D eigenvalue weighted by Crippen LogP contribution is 2.32. The van der Waals surface area contributed by atoms with Gasteiger partial charge >= 0.3 is 0 Å². The Morgan fingerprint density at radius 1 is 1.03 bits per heavy atom. The molecule has 6 heteroatoms. The normalized spacial score (nSPS) is 18.7. The van der Waals surface area contributed by atoms with Crippen LogP contribution in [-0.4, -0.2) is 35.2 Å². The molecule has 0 aromatic heterocycles. The van der Waals surface area contributed by atoms with Gasteiger partial charge in [-0.3, -0.25) is 19.7 Å². The van der Waals surface area contributed by atoms with Crippen LogP contribution in [0.25, 0.3) is 0 Å². The molecule has 0 aliphatic carbocycles. The molecule has 2 aliphatic rings. The van der Waals surface area contributed by atoms with E-state index in [9.17, 15) is 14.4 Å². The number of amides is 3. The molecule has 0 bridgehead atoms. The minimum atomic E-state index is -0.562. The molecule has 2 aliphatic heterocycles. The van der Waals surface area contributed by atoms with Crippen LogP contribution in [0, 0.1) is 0 Å². The fourth-order valence-electron chi connectivity index (χ4n) is 4.24. The summed E-state index contributed by atoms with van der Waals surface area (Å²) in [7, 11) is 0. The highest BCUT2D eigenvalue weighted by atomic mass is 16.2. The first-order chi connectivity index (χ1) is 14.1. The lowest BCUT2D eigenvalue weighted by Crippen LogP contribution is -2.52. The average molecular weight is 400 g/mol. The second-order valence-electron chi connectivity index (χ2n) is 8.14. The van der Waals surface area contributed by atoms with E-state index in [0.29, 0.717) is 18.5 Å². The van der Waals surface area contributed by atoms with E-state index in [0.717, 1.165) is 24.2 Å². The third-order valence-corrected chi connectivity index (χ3v) is 5.90. The molecule has 3 rings (SSSR count). The summed E-state index contributed by atoms with van der Waals surface area (Å²) in [5.41, 5.74) is 2.47. The third kappa shape index (κ3) is 5.37. The zero-order valence-corrected chi connectivity index (χ0v) is 17.5. The minimum absolute atomic E-state index is 0.117. The first kappa shape index (κ1) is 21.3. The lowest BCUT2D eigenvalue weighted by Gasteiger charge is -2.29. The molecule has 158 valence electrons. The van der Waals surface area contributed by atoms with Crippen molar-refractivity contribution < 1.29 is 14.4 Å². The Morgan fingerprint density at radius 2 is 1.76 bits per heavy atom. The van der Waals surface area contributed by atoms with Crippen LogP contribution in [0.2, 0.25) is 0 Å². The average Bonchev–Trinajstić information content (AvgIpc) is 3.04. The van der Waals surface area contributed by atoms with E-state index in [1.807, 2.05) is 18.2 Å². The molecule has 1 aromatic rings. The Balaban J connectivity index is 1.49. The summed E-state index contributed by atoms with van der Waals surface area (Å²) in [6, 6.07) is 5.28. The maximum absolute atomic E-state index is 13.0. The summed E-state index contributed by atoms with van der Waals surface area (Å²) in [5.74, 6) is -0.743. The van der Waals surface area contributed by atoms with Gasteiger partial charge in [-0.2, -0.15) is 0 Å². The molecule has 1 aromatic carbocycles. The van der Waals surface area contributed by atoms with E-state index in [2.05, 4.69) is 17.6 Å². The molecule has 29 heavy (non-hydrogen) atoms.